The molecule has 1 rings (SSSR count). The Morgan fingerprint density at radius 2 is 1.88 bits per heavy atom. The summed E-state index contributed by atoms with van der Waals surface area (Å²) in [5, 5.41) is 3.21. The van der Waals surface area contributed by atoms with Crippen LogP contribution in [0.3, 0.4) is 0 Å². The topological polar surface area (TPSA) is 12.0 Å². The van der Waals surface area contributed by atoms with Crippen LogP contribution in [0.15, 0.2) is 18.2 Å². The van der Waals surface area contributed by atoms with Gasteiger partial charge in [0.1, 0.15) is 11.6 Å². The van der Waals surface area contributed by atoms with Gasteiger partial charge in [-0.25, -0.2) is 8.78 Å². The van der Waals surface area contributed by atoms with Gasteiger partial charge in [-0.05, 0) is 44.0 Å². The lowest BCUT2D eigenvalue weighted by Crippen LogP contribution is -2.20. The van der Waals surface area contributed by atoms with Crippen molar-refractivity contribution in [1.29, 1.82) is 0 Å². The molecule has 0 radical (unpaired) electrons. The van der Waals surface area contributed by atoms with Crippen molar-refractivity contribution < 1.29 is 8.78 Å². The zero-order valence-electron chi connectivity index (χ0n) is 9.97. The number of unbranched alkanes of at least 4 members (excludes halogenated alkanes) is 2. The van der Waals surface area contributed by atoms with E-state index in [4.69, 9.17) is 6.42 Å². The van der Waals surface area contributed by atoms with Crippen LogP contribution in [-0.4, -0.2) is 6.54 Å². The lowest BCUT2D eigenvalue weighted by atomic mass is 10.1. The van der Waals surface area contributed by atoms with Crippen LogP contribution in [0.2, 0.25) is 0 Å². The van der Waals surface area contributed by atoms with E-state index in [1.165, 1.54) is 12.1 Å². The standard InChI is InChI=1S/C14H17F2N/c1-3-4-5-6-7-17-11(2)12-8-13(15)10-14(16)9-12/h1,8-11,17H,4-7H2,2H3. The first-order valence-electron chi connectivity index (χ1n) is 5.76. The average Bonchev–Trinajstić information content (AvgIpc) is 2.27. The Labute approximate surface area is 101 Å². The lowest BCUT2D eigenvalue weighted by Gasteiger charge is -2.14. The highest BCUT2D eigenvalue weighted by Gasteiger charge is 2.07. The first kappa shape index (κ1) is 13.7. The molecule has 0 aliphatic carbocycles. The molecule has 92 valence electrons. The van der Waals surface area contributed by atoms with Gasteiger partial charge in [0.2, 0.25) is 0 Å². The summed E-state index contributed by atoms with van der Waals surface area (Å²) < 4.78 is 26.0. The van der Waals surface area contributed by atoms with E-state index < -0.39 is 11.6 Å². The van der Waals surface area contributed by atoms with E-state index in [-0.39, 0.29) is 6.04 Å². The molecular weight excluding hydrogens is 220 g/mol. The molecule has 0 fully saturated rings. The molecule has 1 nitrogen and oxygen atoms in total. The van der Waals surface area contributed by atoms with Crippen molar-refractivity contribution in [1.82, 2.24) is 5.32 Å². The number of halogens is 2. The Morgan fingerprint density at radius 1 is 1.24 bits per heavy atom. The average molecular weight is 237 g/mol. The third-order valence-corrected chi connectivity index (χ3v) is 2.58. The number of hydrogen-bond donors (Lipinski definition) is 1. The number of nitrogens with one attached hydrogen (secondary N) is 1. The number of terminal acetylenes is 1. The summed E-state index contributed by atoms with van der Waals surface area (Å²) in [5.41, 5.74) is 0.624. The Bertz CT molecular complexity index is 375. The molecule has 0 bridgehead atoms. The highest BCUT2D eigenvalue weighted by Crippen LogP contribution is 2.15. The number of hydrogen-bond acceptors (Lipinski definition) is 1. The molecule has 0 amide bonds. The fourth-order valence-corrected chi connectivity index (χ4v) is 1.61. The quantitative estimate of drug-likeness (QED) is 0.590. The summed E-state index contributed by atoms with van der Waals surface area (Å²) in [5.74, 6) is 1.49. The normalized spacial score (nSPS) is 12.1. The second kappa shape index (κ2) is 7.03. The molecule has 0 saturated carbocycles. The van der Waals surface area contributed by atoms with Gasteiger partial charge in [0.25, 0.3) is 0 Å². The Morgan fingerprint density at radius 3 is 2.47 bits per heavy atom. The summed E-state index contributed by atoms with van der Waals surface area (Å²) in [6, 6.07) is 3.51. The van der Waals surface area contributed by atoms with Gasteiger partial charge in [0.15, 0.2) is 0 Å². The molecule has 0 spiro atoms. The van der Waals surface area contributed by atoms with Gasteiger partial charge in [-0.3, -0.25) is 0 Å². The molecule has 0 aromatic heterocycles. The minimum Gasteiger partial charge on any atom is -0.310 e. The fraction of sp³-hybridized carbons (Fsp3) is 0.429. The van der Waals surface area contributed by atoms with Crippen molar-refractivity contribution in [3.8, 4) is 12.3 Å². The molecule has 0 aliphatic heterocycles. The summed E-state index contributed by atoms with van der Waals surface area (Å²) >= 11 is 0. The van der Waals surface area contributed by atoms with Crippen LogP contribution in [0.1, 0.15) is 37.8 Å². The smallest absolute Gasteiger partial charge is 0.126 e. The summed E-state index contributed by atoms with van der Waals surface area (Å²) in [6.07, 6.45) is 7.84. The van der Waals surface area contributed by atoms with Crippen molar-refractivity contribution in [3.63, 3.8) is 0 Å². The van der Waals surface area contributed by atoms with Crippen molar-refractivity contribution in [3.05, 3.63) is 35.4 Å². The van der Waals surface area contributed by atoms with Crippen molar-refractivity contribution in [2.45, 2.75) is 32.2 Å². The van der Waals surface area contributed by atoms with Gasteiger partial charge in [-0.1, -0.05) is 0 Å². The third-order valence-electron chi connectivity index (χ3n) is 2.58. The molecule has 3 heteroatoms. The minimum atomic E-state index is -0.541. The van der Waals surface area contributed by atoms with Crippen LogP contribution in [0, 0.1) is 24.0 Å². The monoisotopic (exact) mass is 237 g/mol. The number of benzene rings is 1. The van der Waals surface area contributed by atoms with Crippen LogP contribution in [0.25, 0.3) is 0 Å². The maximum Gasteiger partial charge on any atom is 0.126 e. The van der Waals surface area contributed by atoms with Crippen molar-refractivity contribution in [2.24, 2.45) is 0 Å². The lowest BCUT2D eigenvalue weighted by molar-refractivity contribution is 0.532. The van der Waals surface area contributed by atoms with Gasteiger partial charge in [-0.2, -0.15) is 0 Å². The molecule has 1 atom stereocenters. The minimum absolute atomic E-state index is 0.0639. The van der Waals surface area contributed by atoms with Crippen LogP contribution in [-0.2, 0) is 0 Å². The van der Waals surface area contributed by atoms with E-state index in [1.54, 1.807) is 0 Å². The van der Waals surface area contributed by atoms with Crippen LogP contribution >= 0.6 is 0 Å². The van der Waals surface area contributed by atoms with E-state index in [0.717, 1.165) is 31.9 Å². The molecular formula is C14H17F2N. The third kappa shape index (κ3) is 4.97. The molecule has 0 heterocycles. The van der Waals surface area contributed by atoms with Gasteiger partial charge in [-0.15, -0.1) is 12.3 Å². The summed E-state index contributed by atoms with van der Waals surface area (Å²) in [4.78, 5) is 0. The maximum absolute atomic E-state index is 13.0. The summed E-state index contributed by atoms with van der Waals surface area (Å²) in [6.45, 7) is 2.68. The zero-order chi connectivity index (χ0) is 12.7. The molecule has 1 N–H and O–H groups in total. The molecule has 1 aromatic carbocycles. The molecule has 0 aliphatic rings. The van der Waals surface area contributed by atoms with Crippen molar-refractivity contribution >= 4 is 0 Å². The molecule has 1 aromatic rings. The zero-order valence-corrected chi connectivity index (χ0v) is 9.97. The highest BCUT2D eigenvalue weighted by atomic mass is 19.1. The summed E-state index contributed by atoms with van der Waals surface area (Å²) in [7, 11) is 0. The predicted molar refractivity (Wildman–Crippen MR) is 65.5 cm³/mol. The van der Waals surface area contributed by atoms with Crippen LogP contribution in [0.4, 0.5) is 8.78 Å². The molecule has 1 unspecified atom stereocenters. The van der Waals surface area contributed by atoms with E-state index in [1.807, 2.05) is 6.92 Å². The van der Waals surface area contributed by atoms with Gasteiger partial charge < -0.3 is 5.32 Å². The van der Waals surface area contributed by atoms with Crippen LogP contribution < -0.4 is 5.32 Å². The Balaban J connectivity index is 2.41. The second-order valence-corrected chi connectivity index (χ2v) is 4.04. The van der Waals surface area contributed by atoms with Crippen LogP contribution in [0.5, 0.6) is 0 Å². The SMILES string of the molecule is C#CCCCCNC(C)c1cc(F)cc(F)c1. The maximum atomic E-state index is 13.0. The van der Waals surface area contributed by atoms with Gasteiger partial charge in [0.05, 0.1) is 0 Å². The number of rotatable bonds is 6. The largest absolute Gasteiger partial charge is 0.310 e. The Kier molecular flexibility index (Phi) is 5.65. The first-order chi connectivity index (χ1) is 8.13. The van der Waals surface area contributed by atoms with Crippen molar-refractivity contribution in [2.75, 3.05) is 6.54 Å². The molecule has 17 heavy (non-hydrogen) atoms. The second-order valence-electron chi connectivity index (χ2n) is 4.04. The highest BCUT2D eigenvalue weighted by molar-refractivity contribution is 5.20. The van der Waals surface area contributed by atoms with E-state index in [0.29, 0.717) is 5.56 Å². The van der Waals surface area contributed by atoms with E-state index in [9.17, 15) is 8.78 Å². The van der Waals surface area contributed by atoms with Gasteiger partial charge in [0, 0.05) is 18.5 Å². The molecule has 0 saturated heterocycles. The Hall–Kier alpha value is -1.40. The first-order valence-corrected chi connectivity index (χ1v) is 5.76. The fourth-order valence-electron chi connectivity index (χ4n) is 1.61. The van der Waals surface area contributed by atoms with E-state index in [2.05, 4.69) is 11.2 Å². The van der Waals surface area contributed by atoms with Gasteiger partial charge >= 0.3 is 0 Å². The predicted octanol–water partition coefficient (Wildman–Crippen LogP) is 3.42. The van der Waals surface area contributed by atoms with E-state index >= 15 is 0 Å².